The van der Waals surface area contributed by atoms with Crippen LogP contribution in [0.25, 0.3) is 0 Å². The summed E-state index contributed by atoms with van der Waals surface area (Å²) in [6, 6.07) is 3.73. The van der Waals surface area contributed by atoms with E-state index in [2.05, 4.69) is 5.32 Å². The van der Waals surface area contributed by atoms with Crippen molar-refractivity contribution >= 4 is 23.1 Å². The fourth-order valence-corrected chi connectivity index (χ4v) is 2.03. The van der Waals surface area contributed by atoms with Gasteiger partial charge in [0.05, 0.1) is 10.7 Å². The fraction of sp³-hybridized carbons (Fsp3) is 0.364. The number of benzene rings is 1. The molecule has 1 aromatic rings. The third-order valence-electron chi connectivity index (χ3n) is 2.52. The first-order chi connectivity index (χ1) is 6.70. The first-order valence-electron chi connectivity index (χ1n) is 4.76. The Hall–Kier alpha value is -1.02. The molecule has 2 rings (SSSR count). The molecule has 1 aliphatic rings. The number of anilines is 1. The van der Waals surface area contributed by atoms with Crippen LogP contribution in [0.1, 0.15) is 28.8 Å². The van der Waals surface area contributed by atoms with Gasteiger partial charge < -0.3 is 5.32 Å². The van der Waals surface area contributed by atoms with Gasteiger partial charge in [-0.25, -0.2) is 0 Å². The van der Waals surface area contributed by atoms with Crippen molar-refractivity contribution in [3.05, 3.63) is 28.3 Å². The standard InChI is InChI=1S/C11H12ClNO/c1-7-4-5-8(12)11-10(7)9(14)3-2-6-13-11/h4-5,13H,2-3,6H2,1H3. The molecule has 0 fully saturated rings. The summed E-state index contributed by atoms with van der Waals surface area (Å²) in [7, 11) is 0. The number of aryl methyl sites for hydroxylation is 1. The van der Waals surface area contributed by atoms with Crippen molar-refractivity contribution in [3.8, 4) is 0 Å². The van der Waals surface area contributed by atoms with Gasteiger partial charge in [0.1, 0.15) is 0 Å². The molecule has 74 valence electrons. The van der Waals surface area contributed by atoms with E-state index in [4.69, 9.17) is 11.6 Å². The van der Waals surface area contributed by atoms with E-state index in [9.17, 15) is 4.79 Å². The monoisotopic (exact) mass is 209 g/mol. The molecule has 0 saturated heterocycles. The fourth-order valence-electron chi connectivity index (χ4n) is 1.80. The van der Waals surface area contributed by atoms with E-state index in [1.807, 2.05) is 19.1 Å². The highest BCUT2D eigenvalue weighted by Gasteiger charge is 2.19. The van der Waals surface area contributed by atoms with Crippen LogP contribution in [-0.2, 0) is 0 Å². The van der Waals surface area contributed by atoms with Crippen LogP contribution in [0, 0.1) is 6.92 Å². The van der Waals surface area contributed by atoms with Crippen LogP contribution in [0.15, 0.2) is 12.1 Å². The van der Waals surface area contributed by atoms with Gasteiger partial charge in [0.15, 0.2) is 5.78 Å². The molecule has 0 amide bonds. The van der Waals surface area contributed by atoms with Gasteiger partial charge in [0.25, 0.3) is 0 Å². The molecular formula is C11H12ClNO. The molecule has 0 spiro atoms. The van der Waals surface area contributed by atoms with Crippen LogP contribution in [-0.4, -0.2) is 12.3 Å². The predicted octanol–water partition coefficient (Wildman–Crippen LogP) is 3.04. The number of Topliss-reactive ketones (excluding diaryl/α,β-unsaturated/α-hetero) is 1. The van der Waals surface area contributed by atoms with Gasteiger partial charge >= 0.3 is 0 Å². The zero-order chi connectivity index (χ0) is 10.1. The van der Waals surface area contributed by atoms with E-state index in [0.717, 1.165) is 29.8 Å². The Bertz CT molecular complexity index is 387. The minimum absolute atomic E-state index is 0.199. The Labute approximate surface area is 88.3 Å². The lowest BCUT2D eigenvalue weighted by Crippen LogP contribution is -2.03. The number of nitrogens with one attached hydrogen (secondary N) is 1. The molecular weight excluding hydrogens is 198 g/mol. The highest BCUT2D eigenvalue weighted by atomic mass is 35.5. The van der Waals surface area contributed by atoms with Crippen molar-refractivity contribution < 1.29 is 4.79 Å². The van der Waals surface area contributed by atoms with Crippen LogP contribution in [0.5, 0.6) is 0 Å². The summed E-state index contributed by atoms with van der Waals surface area (Å²) in [6.07, 6.45) is 1.49. The number of hydrogen-bond donors (Lipinski definition) is 1. The third-order valence-corrected chi connectivity index (χ3v) is 2.84. The van der Waals surface area contributed by atoms with Gasteiger partial charge in [-0.2, -0.15) is 0 Å². The molecule has 0 aromatic heterocycles. The summed E-state index contributed by atoms with van der Waals surface area (Å²) in [5.41, 5.74) is 2.59. The number of carbonyl (C=O) groups excluding carboxylic acids is 1. The topological polar surface area (TPSA) is 29.1 Å². The molecule has 1 N–H and O–H groups in total. The smallest absolute Gasteiger partial charge is 0.165 e. The predicted molar refractivity (Wildman–Crippen MR) is 58.2 cm³/mol. The Morgan fingerprint density at radius 2 is 2.21 bits per heavy atom. The lowest BCUT2D eigenvalue weighted by atomic mass is 10.0. The van der Waals surface area contributed by atoms with E-state index in [1.54, 1.807) is 0 Å². The summed E-state index contributed by atoms with van der Waals surface area (Å²) in [6.45, 7) is 2.77. The number of halogens is 1. The van der Waals surface area contributed by atoms with Crippen molar-refractivity contribution in [2.24, 2.45) is 0 Å². The Morgan fingerprint density at radius 1 is 1.43 bits per heavy atom. The average Bonchev–Trinajstić information content (AvgIpc) is 2.35. The minimum atomic E-state index is 0.199. The Kier molecular flexibility index (Phi) is 2.46. The van der Waals surface area contributed by atoms with Crippen LogP contribution >= 0.6 is 11.6 Å². The average molecular weight is 210 g/mol. The molecule has 1 heterocycles. The number of carbonyl (C=O) groups is 1. The quantitative estimate of drug-likeness (QED) is 0.712. The highest BCUT2D eigenvalue weighted by Crippen LogP contribution is 2.31. The number of hydrogen-bond acceptors (Lipinski definition) is 2. The van der Waals surface area contributed by atoms with Crippen molar-refractivity contribution in [1.82, 2.24) is 0 Å². The molecule has 0 radical (unpaired) electrons. The van der Waals surface area contributed by atoms with Gasteiger partial charge in [-0.1, -0.05) is 17.7 Å². The highest BCUT2D eigenvalue weighted by molar-refractivity contribution is 6.34. The summed E-state index contributed by atoms with van der Waals surface area (Å²) in [4.78, 5) is 11.8. The number of fused-ring (bicyclic) bond motifs is 1. The van der Waals surface area contributed by atoms with Crippen LogP contribution in [0.4, 0.5) is 5.69 Å². The second-order valence-electron chi connectivity index (χ2n) is 3.57. The van der Waals surface area contributed by atoms with Crippen molar-refractivity contribution in [1.29, 1.82) is 0 Å². The number of rotatable bonds is 0. The summed E-state index contributed by atoms with van der Waals surface area (Å²) in [5, 5.41) is 3.85. The van der Waals surface area contributed by atoms with E-state index in [0.29, 0.717) is 11.4 Å². The lowest BCUT2D eigenvalue weighted by molar-refractivity contribution is 0.0983. The normalized spacial score (nSPS) is 15.7. The summed E-state index contributed by atoms with van der Waals surface area (Å²) < 4.78 is 0. The largest absolute Gasteiger partial charge is 0.383 e. The Morgan fingerprint density at radius 3 is 3.00 bits per heavy atom. The van der Waals surface area contributed by atoms with E-state index in [-0.39, 0.29) is 5.78 Å². The zero-order valence-electron chi connectivity index (χ0n) is 8.06. The van der Waals surface area contributed by atoms with Crippen molar-refractivity contribution in [3.63, 3.8) is 0 Å². The van der Waals surface area contributed by atoms with Gasteiger partial charge in [-0.3, -0.25) is 4.79 Å². The van der Waals surface area contributed by atoms with Crippen molar-refractivity contribution in [2.45, 2.75) is 19.8 Å². The molecule has 3 heteroatoms. The second kappa shape index (κ2) is 3.62. The maximum atomic E-state index is 11.8. The second-order valence-corrected chi connectivity index (χ2v) is 3.97. The maximum Gasteiger partial charge on any atom is 0.165 e. The Balaban J connectivity index is 2.62. The first-order valence-corrected chi connectivity index (χ1v) is 5.14. The van der Waals surface area contributed by atoms with E-state index in [1.165, 1.54) is 0 Å². The molecule has 0 atom stereocenters. The van der Waals surface area contributed by atoms with E-state index < -0.39 is 0 Å². The van der Waals surface area contributed by atoms with Crippen LogP contribution in [0.3, 0.4) is 0 Å². The molecule has 0 unspecified atom stereocenters. The zero-order valence-corrected chi connectivity index (χ0v) is 8.82. The molecule has 0 saturated carbocycles. The van der Waals surface area contributed by atoms with Crippen molar-refractivity contribution in [2.75, 3.05) is 11.9 Å². The van der Waals surface area contributed by atoms with Gasteiger partial charge in [0, 0.05) is 18.5 Å². The molecule has 14 heavy (non-hydrogen) atoms. The molecule has 0 aliphatic carbocycles. The lowest BCUT2D eigenvalue weighted by Gasteiger charge is -2.10. The molecule has 2 nitrogen and oxygen atoms in total. The summed E-state index contributed by atoms with van der Waals surface area (Å²) >= 11 is 6.04. The van der Waals surface area contributed by atoms with Crippen LogP contribution in [0.2, 0.25) is 5.02 Å². The molecule has 0 bridgehead atoms. The minimum Gasteiger partial charge on any atom is -0.383 e. The third kappa shape index (κ3) is 1.50. The van der Waals surface area contributed by atoms with Gasteiger partial charge in [-0.15, -0.1) is 0 Å². The SMILES string of the molecule is Cc1ccc(Cl)c2c1C(=O)CCCN2. The van der Waals surface area contributed by atoms with E-state index >= 15 is 0 Å². The summed E-state index contributed by atoms with van der Waals surface area (Å²) in [5.74, 6) is 0.199. The maximum absolute atomic E-state index is 11.8. The van der Waals surface area contributed by atoms with Gasteiger partial charge in [-0.05, 0) is 25.0 Å². The molecule has 1 aromatic carbocycles. The van der Waals surface area contributed by atoms with Crippen LogP contribution < -0.4 is 5.32 Å². The van der Waals surface area contributed by atoms with Gasteiger partial charge in [0.2, 0.25) is 0 Å². The molecule has 1 aliphatic heterocycles. The number of ketones is 1. The first kappa shape index (κ1) is 9.53.